The van der Waals surface area contributed by atoms with Gasteiger partial charge in [-0.05, 0) is 64.2 Å². The van der Waals surface area contributed by atoms with Crippen LogP contribution in [-0.4, -0.2) is 9.13 Å². The van der Waals surface area contributed by atoms with Crippen molar-refractivity contribution < 1.29 is 4.42 Å². The zero-order valence-corrected chi connectivity index (χ0v) is 30.9. The molecule has 0 saturated heterocycles. The van der Waals surface area contributed by atoms with Crippen LogP contribution in [0.2, 0.25) is 0 Å². The molecule has 0 amide bonds. The molecule has 0 unspecified atom stereocenters. The molecule has 0 spiro atoms. The van der Waals surface area contributed by atoms with E-state index >= 15 is 0 Å². The SMILES string of the molecule is c1ccc(-c2ccc(-c3cccc(-c4cccc5c4oc4c(-n6c7ccccc7c7ccc8c9ccccc9n(-c9ccccc9)c8c76)cccc45)c3)cc2)cc1. The smallest absolute Gasteiger partial charge is 0.159 e. The molecular weight excluding hydrogens is 693 g/mol. The molecule has 0 N–H and O–H groups in total. The van der Waals surface area contributed by atoms with Crippen molar-refractivity contribution in [1.29, 1.82) is 0 Å². The number of fused-ring (bicyclic) bond motifs is 10. The normalized spacial score (nSPS) is 11.9. The van der Waals surface area contributed by atoms with Crippen LogP contribution in [-0.2, 0) is 0 Å². The molecule has 3 heteroatoms. The Labute approximate surface area is 328 Å². The van der Waals surface area contributed by atoms with Gasteiger partial charge in [0.25, 0.3) is 0 Å². The second-order valence-electron chi connectivity index (χ2n) is 14.9. The van der Waals surface area contributed by atoms with E-state index in [9.17, 15) is 0 Å². The molecule has 0 aliphatic carbocycles. The minimum absolute atomic E-state index is 0.870. The molecule has 266 valence electrons. The van der Waals surface area contributed by atoms with Crippen molar-refractivity contribution in [3.05, 3.63) is 206 Å². The first kappa shape index (κ1) is 31.7. The van der Waals surface area contributed by atoms with Gasteiger partial charge in [0.15, 0.2) is 5.58 Å². The minimum Gasteiger partial charge on any atom is -0.453 e. The maximum absolute atomic E-state index is 7.16. The lowest BCUT2D eigenvalue weighted by Gasteiger charge is -2.12. The summed E-state index contributed by atoms with van der Waals surface area (Å²) in [6.45, 7) is 0. The third-order valence-corrected chi connectivity index (χ3v) is 11.7. The predicted octanol–water partition coefficient (Wildman–Crippen LogP) is 14.8. The van der Waals surface area contributed by atoms with Gasteiger partial charge >= 0.3 is 0 Å². The summed E-state index contributed by atoms with van der Waals surface area (Å²) >= 11 is 0. The average molecular weight is 727 g/mol. The maximum Gasteiger partial charge on any atom is 0.159 e. The van der Waals surface area contributed by atoms with Crippen LogP contribution >= 0.6 is 0 Å². The number of aromatic nitrogens is 2. The van der Waals surface area contributed by atoms with Crippen LogP contribution in [0.1, 0.15) is 0 Å². The van der Waals surface area contributed by atoms with Crippen LogP contribution in [0.25, 0.3) is 110 Å². The largest absolute Gasteiger partial charge is 0.453 e. The van der Waals surface area contributed by atoms with Gasteiger partial charge < -0.3 is 13.6 Å². The quantitative estimate of drug-likeness (QED) is 0.173. The summed E-state index contributed by atoms with van der Waals surface area (Å²) in [6.07, 6.45) is 0. The van der Waals surface area contributed by atoms with Crippen molar-refractivity contribution in [2.75, 3.05) is 0 Å². The highest BCUT2D eigenvalue weighted by Crippen LogP contribution is 2.45. The molecule has 0 aliphatic heterocycles. The first-order valence-electron chi connectivity index (χ1n) is 19.5. The van der Waals surface area contributed by atoms with E-state index in [1.54, 1.807) is 0 Å². The van der Waals surface area contributed by atoms with Gasteiger partial charge in [0.1, 0.15) is 5.58 Å². The predicted molar refractivity (Wildman–Crippen MR) is 239 cm³/mol. The van der Waals surface area contributed by atoms with E-state index in [1.165, 1.54) is 54.8 Å². The van der Waals surface area contributed by atoms with E-state index in [0.29, 0.717) is 0 Å². The highest BCUT2D eigenvalue weighted by molar-refractivity contribution is 6.24. The second kappa shape index (κ2) is 12.5. The third kappa shape index (κ3) is 4.79. The lowest BCUT2D eigenvalue weighted by atomic mass is 9.96. The first-order valence-corrected chi connectivity index (χ1v) is 19.5. The van der Waals surface area contributed by atoms with E-state index in [-0.39, 0.29) is 0 Å². The number of para-hydroxylation sites is 5. The number of hydrogen-bond donors (Lipinski definition) is 0. The van der Waals surface area contributed by atoms with Crippen LogP contribution in [0.3, 0.4) is 0 Å². The highest BCUT2D eigenvalue weighted by Gasteiger charge is 2.23. The topological polar surface area (TPSA) is 23.0 Å². The Morgan fingerprint density at radius 3 is 1.51 bits per heavy atom. The fourth-order valence-electron chi connectivity index (χ4n) is 9.16. The monoisotopic (exact) mass is 726 g/mol. The number of benzene rings is 9. The summed E-state index contributed by atoms with van der Waals surface area (Å²) in [5.74, 6) is 0. The molecular formula is C54H34N2O. The number of nitrogens with zero attached hydrogens (tertiary/aromatic N) is 2. The Hall–Kier alpha value is -7.62. The van der Waals surface area contributed by atoms with Crippen LogP contribution in [0.4, 0.5) is 0 Å². The van der Waals surface area contributed by atoms with Crippen molar-refractivity contribution in [1.82, 2.24) is 9.13 Å². The maximum atomic E-state index is 7.16. The summed E-state index contributed by atoms with van der Waals surface area (Å²) in [5, 5.41) is 7.07. The highest BCUT2D eigenvalue weighted by atomic mass is 16.3. The third-order valence-electron chi connectivity index (χ3n) is 11.7. The van der Waals surface area contributed by atoms with E-state index in [4.69, 9.17) is 4.42 Å². The molecule has 3 aromatic heterocycles. The minimum atomic E-state index is 0.870. The molecule has 12 aromatic rings. The molecule has 57 heavy (non-hydrogen) atoms. The second-order valence-corrected chi connectivity index (χ2v) is 14.9. The summed E-state index contributed by atoms with van der Waals surface area (Å²) in [4.78, 5) is 0. The van der Waals surface area contributed by atoms with E-state index in [0.717, 1.165) is 55.5 Å². The van der Waals surface area contributed by atoms with E-state index in [1.807, 2.05) is 0 Å². The van der Waals surface area contributed by atoms with E-state index in [2.05, 4.69) is 215 Å². The molecule has 0 atom stereocenters. The lowest BCUT2D eigenvalue weighted by Crippen LogP contribution is -1.98. The van der Waals surface area contributed by atoms with Gasteiger partial charge in [-0.25, -0.2) is 0 Å². The fourth-order valence-corrected chi connectivity index (χ4v) is 9.16. The van der Waals surface area contributed by atoms with Gasteiger partial charge in [0, 0.05) is 43.6 Å². The van der Waals surface area contributed by atoms with Gasteiger partial charge in [0.2, 0.25) is 0 Å². The molecule has 0 fully saturated rings. The van der Waals surface area contributed by atoms with Gasteiger partial charge in [-0.15, -0.1) is 0 Å². The Kier molecular flexibility index (Phi) is 6.93. The summed E-state index contributed by atoms with van der Waals surface area (Å²) in [5.41, 5.74) is 15.6. The molecule has 12 rings (SSSR count). The zero-order valence-electron chi connectivity index (χ0n) is 30.9. The van der Waals surface area contributed by atoms with Gasteiger partial charge in [-0.3, -0.25) is 0 Å². The molecule has 0 saturated carbocycles. The Morgan fingerprint density at radius 1 is 0.298 bits per heavy atom. The lowest BCUT2D eigenvalue weighted by molar-refractivity contribution is 0.667. The van der Waals surface area contributed by atoms with Gasteiger partial charge in [0.05, 0.1) is 27.8 Å². The van der Waals surface area contributed by atoms with Crippen molar-refractivity contribution >= 4 is 65.6 Å². The summed E-state index contributed by atoms with van der Waals surface area (Å²) in [7, 11) is 0. The number of rotatable bonds is 5. The molecule has 3 nitrogen and oxygen atoms in total. The van der Waals surface area contributed by atoms with Crippen molar-refractivity contribution in [3.8, 4) is 44.8 Å². The zero-order chi connectivity index (χ0) is 37.5. The Morgan fingerprint density at radius 2 is 0.789 bits per heavy atom. The Balaban J connectivity index is 1.09. The van der Waals surface area contributed by atoms with Crippen molar-refractivity contribution in [3.63, 3.8) is 0 Å². The summed E-state index contributed by atoms with van der Waals surface area (Å²) < 4.78 is 12.0. The van der Waals surface area contributed by atoms with Gasteiger partial charge in [-0.1, -0.05) is 170 Å². The molecule has 3 heterocycles. The van der Waals surface area contributed by atoms with Crippen molar-refractivity contribution in [2.24, 2.45) is 0 Å². The van der Waals surface area contributed by atoms with E-state index < -0.39 is 0 Å². The molecule has 0 bridgehead atoms. The molecule has 0 radical (unpaired) electrons. The number of hydrogen-bond acceptors (Lipinski definition) is 1. The van der Waals surface area contributed by atoms with Gasteiger partial charge in [-0.2, -0.15) is 0 Å². The van der Waals surface area contributed by atoms with Crippen LogP contribution < -0.4 is 0 Å². The van der Waals surface area contributed by atoms with Crippen LogP contribution in [0.5, 0.6) is 0 Å². The fraction of sp³-hybridized carbons (Fsp3) is 0. The number of furan rings is 1. The molecule has 0 aliphatic rings. The standard InChI is InChI=1S/C54H34N2O/c1-3-14-35(15-4-1)36-28-30-37(31-29-36)38-16-11-17-39(34-38)41-22-12-23-46-47-24-13-27-50(54(47)57-53(41)46)56-49-26-10-8-21-43(49)45-33-32-44-42-20-7-9-25-48(42)55(51(44)52(45)56)40-18-5-2-6-19-40/h1-34H. The average Bonchev–Trinajstić information content (AvgIpc) is 3.95. The molecule has 9 aromatic carbocycles. The van der Waals surface area contributed by atoms with Crippen molar-refractivity contribution in [2.45, 2.75) is 0 Å². The summed E-state index contributed by atoms with van der Waals surface area (Å²) in [6, 6.07) is 74.2. The van der Waals surface area contributed by atoms with Crippen LogP contribution in [0.15, 0.2) is 211 Å². The van der Waals surface area contributed by atoms with Crippen LogP contribution in [0, 0.1) is 0 Å². The Bertz CT molecular complexity index is 3490. The first-order chi connectivity index (χ1) is 28.3.